The molecule has 6 heteroatoms. The summed E-state index contributed by atoms with van der Waals surface area (Å²) in [6.07, 6.45) is -1.10. The van der Waals surface area contributed by atoms with Gasteiger partial charge in [-0.15, -0.1) is 0 Å². The van der Waals surface area contributed by atoms with Crippen LogP contribution in [0.15, 0.2) is 36.0 Å². The van der Waals surface area contributed by atoms with Crippen LogP contribution < -0.4 is 0 Å². The molecular formula is C10H9NO5. The summed E-state index contributed by atoms with van der Waals surface area (Å²) in [4.78, 5) is 20.1. The molecule has 2 N–H and O–H groups in total. The highest BCUT2D eigenvalue weighted by molar-refractivity contribution is 5.77. The molecule has 1 atom stereocenters. The second-order valence-electron chi connectivity index (χ2n) is 2.98. The smallest absolute Gasteiger partial charge is 0.343 e. The predicted octanol–water partition coefficient (Wildman–Crippen LogP) is 0.750. The van der Waals surface area contributed by atoms with Crippen molar-refractivity contribution in [2.24, 2.45) is 0 Å². The first-order valence-corrected chi connectivity index (χ1v) is 4.34. The summed E-state index contributed by atoms with van der Waals surface area (Å²) in [5, 5.41) is 28.2. The molecule has 0 heterocycles. The topological polar surface area (TPSA) is 101 Å². The lowest BCUT2D eigenvalue weighted by Gasteiger charge is -2.02. The summed E-state index contributed by atoms with van der Waals surface area (Å²) in [7, 11) is 0. The predicted molar refractivity (Wildman–Crippen MR) is 55.1 cm³/mol. The minimum atomic E-state index is -2.13. The Labute approximate surface area is 90.6 Å². The molecule has 1 rings (SSSR count). The van der Waals surface area contributed by atoms with Crippen molar-refractivity contribution >= 4 is 12.0 Å². The van der Waals surface area contributed by atoms with Crippen molar-refractivity contribution in [3.05, 3.63) is 51.7 Å². The number of aliphatic hydroxyl groups is 1. The third-order valence-electron chi connectivity index (χ3n) is 1.84. The monoisotopic (exact) mass is 223 g/mol. The van der Waals surface area contributed by atoms with Crippen LogP contribution in [-0.4, -0.2) is 27.2 Å². The van der Waals surface area contributed by atoms with E-state index in [1.807, 2.05) is 0 Å². The number of aliphatic carboxylic acids is 1. The summed E-state index contributed by atoms with van der Waals surface area (Å²) in [6.45, 7) is 0. The van der Waals surface area contributed by atoms with Crippen LogP contribution >= 0.6 is 0 Å². The Balaban J connectivity index is 3.08. The van der Waals surface area contributed by atoms with Gasteiger partial charge in [0, 0.05) is 6.08 Å². The summed E-state index contributed by atoms with van der Waals surface area (Å²) in [6, 6.07) is 8.15. The number of nitrogens with zero attached hydrogens (tertiary/aromatic N) is 1. The van der Waals surface area contributed by atoms with Crippen LogP contribution in [0.4, 0.5) is 0 Å². The molecule has 0 fully saturated rings. The van der Waals surface area contributed by atoms with E-state index in [1.165, 1.54) is 0 Å². The van der Waals surface area contributed by atoms with E-state index >= 15 is 0 Å². The summed E-state index contributed by atoms with van der Waals surface area (Å²) < 4.78 is 0. The zero-order chi connectivity index (χ0) is 12.1. The molecule has 0 amide bonds. The Morgan fingerprint density at radius 1 is 1.38 bits per heavy atom. The van der Waals surface area contributed by atoms with Gasteiger partial charge in [-0.05, 0) is 5.56 Å². The van der Waals surface area contributed by atoms with E-state index in [1.54, 1.807) is 30.3 Å². The maximum atomic E-state index is 10.6. The maximum Gasteiger partial charge on any atom is 0.343 e. The number of aliphatic hydroxyl groups excluding tert-OH is 1. The highest BCUT2D eigenvalue weighted by atomic mass is 16.6. The highest BCUT2D eigenvalue weighted by Gasteiger charge is 2.28. The number of rotatable bonds is 4. The number of nitro groups is 1. The van der Waals surface area contributed by atoms with E-state index < -0.39 is 22.7 Å². The van der Waals surface area contributed by atoms with Crippen molar-refractivity contribution in [2.45, 2.75) is 6.10 Å². The van der Waals surface area contributed by atoms with Crippen molar-refractivity contribution < 1.29 is 19.9 Å². The van der Waals surface area contributed by atoms with Gasteiger partial charge in [0.2, 0.25) is 6.10 Å². The van der Waals surface area contributed by atoms with E-state index in [9.17, 15) is 14.9 Å². The van der Waals surface area contributed by atoms with E-state index in [0.29, 0.717) is 5.56 Å². The summed E-state index contributed by atoms with van der Waals surface area (Å²) >= 11 is 0. The van der Waals surface area contributed by atoms with Crippen LogP contribution in [-0.2, 0) is 4.79 Å². The number of hydrogen-bond acceptors (Lipinski definition) is 4. The first-order valence-electron chi connectivity index (χ1n) is 4.34. The van der Waals surface area contributed by atoms with Gasteiger partial charge in [0.25, 0.3) is 5.70 Å². The number of benzene rings is 1. The molecule has 0 bridgehead atoms. The fourth-order valence-electron chi connectivity index (χ4n) is 1.08. The molecule has 1 aromatic carbocycles. The number of carboxylic acid groups (broad SMARTS) is 1. The van der Waals surface area contributed by atoms with Crippen LogP contribution in [0.1, 0.15) is 5.56 Å². The summed E-state index contributed by atoms with van der Waals surface area (Å²) in [5.41, 5.74) is -0.312. The lowest BCUT2D eigenvalue weighted by Crippen LogP contribution is -2.26. The lowest BCUT2D eigenvalue weighted by atomic mass is 10.1. The van der Waals surface area contributed by atoms with Gasteiger partial charge in [0.05, 0.1) is 4.92 Å². The fraction of sp³-hybridized carbons (Fsp3) is 0.100. The Morgan fingerprint density at radius 2 is 1.94 bits per heavy atom. The van der Waals surface area contributed by atoms with Crippen LogP contribution in [0.3, 0.4) is 0 Å². The molecular weight excluding hydrogens is 214 g/mol. The number of carbonyl (C=O) groups is 1. The number of hydrogen-bond donors (Lipinski definition) is 2. The second kappa shape index (κ2) is 5.04. The zero-order valence-electron chi connectivity index (χ0n) is 8.11. The molecule has 0 saturated carbocycles. The molecule has 6 nitrogen and oxygen atoms in total. The molecule has 0 saturated heterocycles. The van der Waals surface area contributed by atoms with Gasteiger partial charge in [-0.1, -0.05) is 30.3 Å². The SMILES string of the molecule is O=C(O)C(O)C(=Cc1ccccc1)[N+](=O)[O-]. The lowest BCUT2D eigenvalue weighted by molar-refractivity contribution is -0.432. The Bertz CT molecular complexity index is 426. The maximum absolute atomic E-state index is 10.6. The highest BCUT2D eigenvalue weighted by Crippen LogP contribution is 2.11. The number of carboxylic acids is 1. The van der Waals surface area contributed by atoms with Crippen LogP contribution in [0.5, 0.6) is 0 Å². The van der Waals surface area contributed by atoms with Crippen molar-refractivity contribution in [1.29, 1.82) is 0 Å². The largest absolute Gasteiger partial charge is 0.479 e. The molecule has 16 heavy (non-hydrogen) atoms. The van der Waals surface area contributed by atoms with Gasteiger partial charge < -0.3 is 10.2 Å². The van der Waals surface area contributed by atoms with Crippen molar-refractivity contribution in [3.63, 3.8) is 0 Å². The Kier molecular flexibility index (Phi) is 3.73. The van der Waals surface area contributed by atoms with Gasteiger partial charge >= 0.3 is 5.97 Å². The van der Waals surface area contributed by atoms with Gasteiger partial charge in [-0.3, -0.25) is 10.1 Å². The van der Waals surface area contributed by atoms with Gasteiger partial charge in [-0.25, -0.2) is 4.79 Å². The Hall–Kier alpha value is -2.21. The molecule has 0 spiro atoms. The molecule has 0 aromatic heterocycles. The van der Waals surface area contributed by atoms with Crippen molar-refractivity contribution in [1.82, 2.24) is 0 Å². The second-order valence-corrected chi connectivity index (χ2v) is 2.98. The normalized spacial score (nSPS) is 13.2. The quantitative estimate of drug-likeness (QED) is 0.579. The van der Waals surface area contributed by atoms with E-state index in [2.05, 4.69) is 0 Å². The van der Waals surface area contributed by atoms with Gasteiger partial charge in [-0.2, -0.15) is 0 Å². The minimum Gasteiger partial charge on any atom is -0.479 e. The average Bonchev–Trinajstić information content (AvgIpc) is 2.26. The molecule has 1 unspecified atom stereocenters. The third kappa shape index (κ3) is 2.89. The van der Waals surface area contributed by atoms with Gasteiger partial charge in [0.1, 0.15) is 0 Å². The Morgan fingerprint density at radius 3 is 2.38 bits per heavy atom. The first-order chi connectivity index (χ1) is 7.52. The molecule has 1 aromatic rings. The standard InChI is InChI=1S/C10H9NO5/c12-9(10(13)14)8(11(15)16)6-7-4-2-1-3-5-7/h1-6,9,12H,(H,13,14). The molecule has 0 radical (unpaired) electrons. The summed E-state index contributed by atoms with van der Waals surface area (Å²) in [5.74, 6) is -1.65. The minimum absolute atomic E-state index is 0.453. The van der Waals surface area contributed by atoms with Crippen LogP contribution in [0, 0.1) is 10.1 Å². The van der Waals surface area contributed by atoms with Crippen molar-refractivity contribution in [2.75, 3.05) is 0 Å². The van der Waals surface area contributed by atoms with Crippen LogP contribution in [0.2, 0.25) is 0 Å². The molecule has 84 valence electrons. The average molecular weight is 223 g/mol. The zero-order valence-corrected chi connectivity index (χ0v) is 8.11. The van der Waals surface area contributed by atoms with Gasteiger partial charge in [0.15, 0.2) is 0 Å². The van der Waals surface area contributed by atoms with E-state index in [-0.39, 0.29) is 0 Å². The first kappa shape index (κ1) is 11.9. The molecule has 0 aliphatic carbocycles. The van der Waals surface area contributed by atoms with E-state index in [4.69, 9.17) is 10.2 Å². The third-order valence-corrected chi connectivity index (χ3v) is 1.84. The van der Waals surface area contributed by atoms with E-state index in [0.717, 1.165) is 6.08 Å². The van der Waals surface area contributed by atoms with Crippen molar-refractivity contribution in [3.8, 4) is 0 Å². The molecule has 0 aliphatic rings. The van der Waals surface area contributed by atoms with Crippen LogP contribution in [0.25, 0.3) is 6.08 Å². The fourth-order valence-corrected chi connectivity index (χ4v) is 1.08. The molecule has 0 aliphatic heterocycles.